The quantitative estimate of drug-likeness (QED) is 0.883. The van der Waals surface area contributed by atoms with E-state index in [4.69, 9.17) is 0 Å². The number of halogens is 1. The summed E-state index contributed by atoms with van der Waals surface area (Å²) in [5.41, 5.74) is 1.64. The van der Waals surface area contributed by atoms with E-state index in [1.54, 1.807) is 12.1 Å². The molecule has 1 aliphatic heterocycles. The maximum Gasteiger partial charge on any atom is 0.264 e. The van der Waals surface area contributed by atoms with Crippen LogP contribution < -0.4 is 5.56 Å². The third-order valence-corrected chi connectivity index (χ3v) is 4.59. The molecule has 24 heavy (non-hydrogen) atoms. The molecule has 1 aromatic carbocycles. The Morgan fingerprint density at radius 3 is 2.92 bits per heavy atom. The first-order chi connectivity index (χ1) is 11.5. The van der Waals surface area contributed by atoms with Crippen molar-refractivity contribution in [1.82, 2.24) is 15.1 Å². The lowest BCUT2D eigenvalue weighted by Crippen LogP contribution is -2.30. The number of H-pyrrole nitrogens is 2. The molecule has 0 saturated carbocycles. The zero-order chi connectivity index (χ0) is 17.1. The maximum absolute atomic E-state index is 13.2. The second-order valence-electron chi connectivity index (χ2n) is 6.68. The molecule has 2 unspecified atom stereocenters. The minimum absolute atomic E-state index is 0.124. The van der Waals surface area contributed by atoms with Gasteiger partial charge in [-0.3, -0.25) is 14.7 Å². The van der Waals surface area contributed by atoms with E-state index in [0.29, 0.717) is 25.9 Å². The van der Waals surface area contributed by atoms with Crippen LogP contribution in [0.5, 0.6) is 0 Å². The van der Waals surface area contributed by atoms with E-state index >= 15 is 0 Å². The molecular formula is C18H22FN3O2. The summed E-state index contributed by atoms with van der Waals surface area (Å²) in [5, 5.41) is 5.41. The van der Waals surface area contributed by atoms with Crippen LogP contribution in [0.4, 0.5) is 4.39 Å². The summed E-state index contributed by atoms with van der Waals surface area (Å²) in [6.07, 6.45) is 2.00. The predicted octanol–water partition coefficient (Wildman–Crippen LogP) is 2.43. The van der Waals surface area contributed by atoms with Gasteiger partial charge in [-0.1, -0.05) is 19.1 Å². The minimum Gasteiger partial charge on any atom is -0.342 e. The molecule has 128 valence electrons. The van der Waals surface area contributed by atoms with E-state index in [1.165, 1.54) is 12.1 Å². The molecular weight excluding hydrogens is 309 g/mol. The van der Waals surface area contributed by atoms with Crippen LogP contribution in [-0.4, -0.2) is 34.1 Å². The van der Waals surface area contributed by atoms with Crippen LogP contribution in [-0.2, 0) is 11.2 Å². The number of amides is 1. The molecule has 0 spiro atoms. The number of likely N-dealkylation sites (tertiary alicyclic amines) is 1. The van der Waals surface area contributed by atoms with Gasteiger partial charge in [-0.25, -0.2) is 4.39 Å². The van der Waals surface area contributed by atoms with Gasteiger partial charge in [0.05, 0.1) is 0 Å². The Labute approximate surface area is 139 Å². The number of hydrogen-bond donors (Lipinski definition) is 2. The van der Waals surface area contributed by atoms with Crippen molar-refractivity contribution < 1.29 is 9.18 Å². The third-order valence-electron chi connectivity index (χ3n) is 4.59. The first-order valence-electron chi connectivity index (χ1n) is 8.31. The van der Waals surface area contributed by atoms with E-state index in [9.17, 15) is 14.0 Å². The van der Waals surface area contributed by atoms with Crippen LogP contribution in [0, 0.1) is 11.7 Å². The van der Waals surface area contributed by atoms with Gasteiger partial charge in [0, 0.05) is 37.2 Å². The summed E-state index contributed by atoms with van der Waals surface area (Å²) in [4.78, 5) is 25.5. The zero-order valence-corrected chi connectivity index (χ0v) is 13.7. The van der Waals surface area contributed by atoms with Crippen molar-refractivity contribution in [2.45, 2.75) is 32.1 Å². The molecule has 6 heteroatoms. The summed E-state index contributed by atoms with van der Waals surface area (Å²) in [7, 11) is 0. The van der Waals surface area contributed by atoms with Crippen LogP contribution in [0.15, 0.2) is 35.1 Å². The fraction of sp³-hybridized carbons (Fsp3) is 0.444. The Balaban J connectivity index is 1.52. The SMILES string of the molecule is CC(CC(=O)N1CCC(c2cc(=O)[nH][nH]2)C1)Cc1cccc(F)c1. The average Bonchev–Trinajstić information content (AvgIpc) is 3.15. The van der Waals surface area contributed by atoms with Gasteiger partial charge < -0.3 is 10.00 Å². The van der Waals surface area contributed by atoms with Gasteiger partial charge in [0.15, 0.2) is 0 Å². The second-order valence-corrected chi connectivity index (χ2v) is 6.68. The highest BCUT2D eigenvalue weighted by Crippen LogP contribution is 2.26. The van der Waals surface area contributed by atoms with Gasteiger partial charge in [0.25, 0.3) is 5.56 Å². The number of hydrogen-bond acceptors (Lipinski definition) is 2. The number of carbonyl (C=O) groups is 1. The molecule has 2 N–H and O–H groups in total. The molecule has 1 aromatic heterocycles. The van der Waals surface area contributed by atoms with Crippen molar-refractivity contribution in [3.63, 3.8) is 0 Å². The van der Waals surface area contributed by atoms with E-state index in [1.807, 2.05) is 17.9 Å². The minimum atomic E-state index is -0.242. The lowest BCUT2D eigenvalue weighted by atomic mass is 9.97. The number of aromatic nitrogens is 2. The Morgan fingerprint density at radius 2 is 2.21 bits per heavy atom. The number of benzene rings is 1. The van der Waals surface area contributed by atoms with Crippen LogP contribution in [0.25, 0.3) is 0 Å². The summed E-state index contributed by atoms with van der Waals surface area (Å²) in [6.45, 7) is 3.36. The highest BCUT2D eigenvalue weighted by Gasteiger charge is 2.28. The van der Waals surface area contributed by atoms with Crippen LogP contribution in [0.2, 0.25) is 0 Å². The van der Waals surface area contributed by atoms with E-state index < -0.39 is 0 Å². The highest BCUT2D eigenvalue weighted by atomic mass is 19.1. The Morgan fingerprint density at radius 1 is 1.38 bits per heavy atom. The largest absolute Gasteiger partial charge is 0.342 e. The molecule has 5 nitrogen and oxygen atoms in total. The Kier molecular flexibility index (Phi) is 4.83. The fourth-order valence-electron chi connectivity index (χ4n) is 3.37. The highest BCUT2D eigenvalue weighted by molar-refractivity contribution is 5.76. The van der Waals surface area contributed by atoms with Crippen molar-refractivity contribution >= 4 is 5.91 Å². The zero-order valence-electron chi connectivity index (χ0n) is 13.7. The normalized spacial score (nSPS) is 18.8. The van der Waals surface area contributed by atoms with E-state index in [0.717, 1.165) is 17.7 Å². The summed E-state index contributed by atoms with van der Waals surface area (Å²) >= 11 is 0. The molecule has 3 rings (SSSR count). The van der Waals surface area contributed by atoms with Gasteiger partial charge in [-0.05, 0) is 36.5 Å². The number of nitrogens with one attached hydrogen (secondary N) is 2. The molecule has 2 heterocycles. The Bertz CT molecular complexity index is 767. The van der Waals surface area contributed by atoms with Gasteiger partial charge >= 0.3 is 0 Å². The maximum atomic E-state index is 13.2. The summed E-state index contributed by atoms with van der Waals surface area (Å²) < 4.78 is 13.2. The van der Waals surface area contributed by atoms with Crippen molar-refractivity contribution in [3.8, 4) is 0 Å². The number of rotatable bonds is 5. The molecule has 0 bridgehead atoms. The molecule has 0 aliphatic carbocycles. The standard InChI is InChI=1S/C18H22FN3O2/c1-12(7-13-3-2-4-15(19)9-13)8-18(24)22-6-5-14(11-22)16-10-17(23)21-20-16/h2-4,9-10,12,14H,5-8,11H2,1H3,(H2,20,21,23). The average molecular weight is 331 g/mol. The summed E-state index contributed by atoms with van der Waals surface area (Å²) in [5.74, 6) is 0.227. The number of nitrogens with zero attached hydrogens (tertiary/aromatic N) is 1. The van der Waals surface area contributed by atoms with Crippen molar-refractivity contribution in [1.29, 1.82) is 0 Å². The first kappa shape index (κ1) is 16.5. The smallest absolute Gasteiger partial charge is 0.264 e. The van der Waals surface area contributed by atoms with Crippen LogP contribution in [0.1, 0.15) is 36.9 Å². The van der Waals surface area contributed by atoms with E-state index in [-0.39, 0.29) is 29.1 Å². The van der Waals surface area contributed by atoms with Gasteiger partial charge in [-0.2, -0.15) is 0 Å². The molecule has 1 saturated heterocycles. The van der Waals surface area contributed by atoms with Gasteiger partial charge in [0.1, 0.15) is 5.82 Å². The number of carbonyl (C=O) groups excluding carboxylic acids is 1. The molecule has 1 amide bonds. The monoisotopic (exact) mass is 331 g/mol. The van der Waals surface area contributed by atoms with Crippen molar-refractivity contribution in [3.05, 3.63) is 57.8 Å². The second kappa shape index (κ2) is 7.03. The Hall–Kier alpha value is -2.37. The predicted molar refractivity (Wildman–Crippen MR) is 89.2 cm³/mol. The fourth-order valence-corrected chi connectivity index (χ4v) is 3.37. The van der Waals surface area contributed by atoms with Crippen molar-refractivity contribution in [2.75, 3.05) is 13.1 Å². The van der Waals surface area contributed by atoms with Gasteiger partial charge in [0.2, 0.25) is 5.91 Å². The molecule has 1 aliphatic rings. The van der Waals surface area contributed by atoms with Crippen molar-refractivity contribution in [2.24, 2.45) is 5.92 Å². The lowest BCUT2D eigenvalue weighted by molar-refractivity contribution is -0.131. The van der Waals surface area contributed by atoms with E-state index in [2.05, 4.69) is 10.2 Å². The first-order valence-corrected chi connectivity index (χ1v) is 8.31. The number of aromatic amines is 2. The molecule has 2 aromatic rings. The van der Waals surface area contributed by atoms with Crippen LogP contribution >= 0.6 is 0 Å². The summed E-state index contributed by atoms with van der Waals surface area (Å²) in [6, 6.07) is 8.09. The molecule has 1 fully saturated rings. The molecule has 0 radical (unpaired) electrons. The molecule has 2 atom stereocenters. The van der Waals surface area contributed by atoms with Gasteiger partial charge in [-0.15, -0.1) is 0 Å². The van der Waals surface area contributed by atoms with Crippen LogP contribution in [0.3, 0.4) is 0 Å². The third kappa shape index (κ3) is 3.93. The topological polar surface area (TPSA) is 69.0 Å². The lowest BCUT2D eigenvalue weighted by Gasteiger charge is -2.19.